The van der Waals surface area contributed by atoms with Gasteiger partial charge >= 0.3 is 0 Å². The number of carbonyl (C=O) groups is 1. The number of methoxy groups -OCH3 is 1. The van der Waals surface area contributed by atoms with E-state index in [1.54, 1.807) is 35.2 Å². The summed E-state index contributed by atoms with van der Waals surface area (Å²) in [5, 5.41) is 0.836. The maximum atomic E-state index is 12.8. The van der Waals surface area contributed by atoms with Crippen LogP contribution in [0.5, 0.6) is 5.75 Å². The van der Waals surface area contributed by atoms with Crippen molar-refractivity contribution in [3.8, 4) is 5.75 Å². The molecule has 1 amide bonds. The Bertz CT molecular complexity index is 970. The van der Waals surface area contributed by atoms with Gasteiger partial charge in [0.15, 0.2) is 11.3 Å². The number of benzene rings is 2. The zero-order valence-corrected chi connectivity index (χ0v) is 14.0. The number of amides is 1. The molecule has 0 N–H and O–H groups in total. The van der Waals surface area contributed by atoms with Gasteiger partial charge < -0.3 is 14.1 Å². The highest BCUT2D eigenvalue weighted by Crippen LogP contribution is 2.29. The summed E-state index contributed by atoms with van der Waals surface area (Å²) in [5.41, 5.74) is 1.11. The normalized spacial score (nSPS) is 11.0. The highest BCUT2D eigenvalue weighted by atomic mass is 16.5. The van der Waals surface area contributed by atoms with E-state index in [4.69, 9.17) is 9.15 Å². The number of fused-ring (bicyclic) bond motifs is 2. The fourth-order valence-electron chi connectivity index (χ4n) is 2.84. The van der Waals surface area contributed by atoms with Crippen LogP contribution in [0.25, 0.3) is 21.9 Å². The molecule has 0 saturated heterocycles. The van der Waals surface area contributed by atoms with Crippen LogP contribution in [0.4, 0.5) is 0 Å². The maximum absolute atomic E-state index is 12.8. The molecule has 0 aliphatic carbocycles. The molecule has 1 heterocycles. The maximum Gasteiger partial charge on any atom is 0.253 e. The number of hydrogen-bond acceptors (Lipinski definition) is 4. The highest BCUT2D eigenvalue weighted by Gasteiger charge is 2.19. The van der Waals surface area contributed by atoms with E-state index in [0.29, 0.717) is 46.3 Å². The standard InChI is InChI=1S/C19H19NO4/c1-4-20(5-2)19(22)12-10-14-17(21)13-8-6-7-9-15(13)24-18(14)16(11-12)23-3/h6-11H,4-5H2,1-3H3. The second kappa shape index (κ2) is 6.35. The minimum atomic E-state index is -0.167. The van der Waals surface area contributed by atoms with Gasteiger partial charge in [0, 0.05) is 18.7 Å². The predicted molar refractivity (Wildman–Crippen MR) is 93.8 cm³/mol. The lowest BCUT2D eigenvalue weighted by Crippen LogP contribution is -2.30. The van der Waals surface area contributed by atoms with Gasteiger partial charge in [0.2, 0.25) is 5.43 Å². The predicted octanol–water partition coefficient (Wildman–Crippen LogP) is 3.44. The van der Waals surface area contributed by atoms with E-state index >= 15 is 0 Å². The number of rotatable bonds is 4. The van der Waals surface area contributed by atoms with Crippen molar-refractivity contribution in [2.24, 2.45) is 0 Å². The minimum Gasteiger partial charge on any atom is -0.493 e. The van der Waals surface area contributed by atoms with Crippen LogP contribution in [0.15, 0.2) is 45.6 Å². The third-order valence-corrected chi connectivity index (χ3v) is 4.16. The second-order valence-electron chi connectivity index (χ2n) is 5.46. The van der Waals surface area contributed by atoms with Gasteiger partial charge in [0.1, 0.15) is 5.58 Å². The third kappa shape index (κ3) is 2.52. The summed E-state index contributed by atoms with van der Waals surface area (Å²) in [6, 6.07) is 10.3. The number of para-hydroxylation sites is 1. The average Bonchev–Trinajstić information content (AvgIpc) is 2.62. The van der Waals surface area contributed by atoms with E-state index in [9.17, 15) is 9.59 Å². The van der Waals surface area contributed by atoms with Crippen LogP contribution >= 0.6 is 0 Å². The first-order valence-corrected chi connectivity index (χ1v) is 7.93. The molecule has 1 aromatic heterocycles. The lowest BCUT2D eigenvalue weighted by molar-refractivity contribution is 0.0773. The third-order valence-electron chi connectivity index (χ3n) is 4.16. The Kier molecular flexibility index (Phi) is 4.25. The SMILES string of the molecule is CCN(CC)C(=O)c1cc(OC)c2oc3ccccc3c(=O)c2c1. The van der Waals surface area contributed by atoms with Crippen molar-refractivity contribution in [1.29, 1.82) is 0 Å². The van der Waals surface area contributed by atoms with Gasteiger partial charge in [-0.2, -0.15) is 0 Å². The van der Waals surface area contributed by atoms with Crippen LogP contribution in [-0.4, -0.2) is 31.0 Å². The molecular formula is C19H19NO4. The zero-order valence-electron chi connectivity index (χ0n) is 14.0. The van der Waals surface area contributed by atoms with Crippen LogP contribution in [0, 0.1) is 0 Å². The molecule has 5 nitrogen and oxygen atoms in total. The molecule has 124 valence electrons. The Labute approximate surface area is 139 Å². The first-order chi connectivity index (χ1) is 11.6. The molecule has 0 fully saturated rings. The van der Waals surface area contributed by atoms with Crippen LogP contribution in [0.3, 0.4) is 0 Å². The molecule has 0 unspecified atom stereocenters. The Hall–Kier alpha value is -2.82. The Morgan fingerprint density at radius 1 is 1.12 bits per heavy atom. The topological polar surface area (TPSA) is 59.8 Å². The summed E-state index contributed by atoms with van der Waals surface area (Å²) in [6.07, 6.45) is 0. The molecule has 3 aromatic rings. The molecule has 0 radical (unpaired) electrons. The average molecular weight is 325 g/mol. The molecule has 24 heavy (non-hydrogen) atoms. The lowest BCUT2D eigenvalue weighted by atomic mass is 10.1. The molecule has 3 rings (SSSR count). The summed E-state index contributed by atoms with van der Waals surface area (Å²) in [6.45, 7) is 5.03. The Morgan fingerprint density at radius 2 is 1.83 bits per heavy atom. The molecule has 0 spiro atoms. The largest absolute Gasteiger partial charge is 0.493 e. The van der Waals surface area contributed by atoms with Gasteiger partial charge in [-0.05, 0) is 38.1 Å². The fraction of sp³-hybridized carbons (Fsp3) is 0.263. The monoisotopic (exact) mass is 325 g/mol. The molecule has 0 bridgehead atoms. The van der Waals surface area contributed by atoms with Gasteiger partial charge in [-0.25, -0.2) is 0 Å². The van der Waals surface area contributed by atoms with E-state index < -0.39 is 0 Å². The van der Waals surface area contributed by atoms with E-state index in [-0.39, 0.29) is 11.3 Å². The van der Waals surface area contributed by atoms with Gasteiger partial charge in [0.05, 0.1) is 17.9 Å². The number of carbonyl (C=O) groups excluding carboxylic acids is 1. The molecule has 0 aliphatic rings. The minimum absolute atomic E-state index is 0.132. The lowest BCUT2D eigenvalue weighted by Gasteiger charge is -2.19. The van der Waals surface area contributed by atoms with E-state index in [1.165, 1.54) is 7.11 Å². The van der Waals surface area contributed by atoms with Crippen LogP contribution in [0.1, 0.15) is 24.2 Å². The molecule has 2 aromatic carbocycles. The smallest absolute Gasteiger partial charge is 0.253 e. The van der Waals surface area contributed by atoms with Gasteiger partial charge in [-0.15, -0.1) is 0 Å². The summed E-state index contributed by atoms with van der Waals surface area (Å²) in [7, 11) is 1.50. The first-order valence-electron chi connectivity index (χ1n) is 7.93. The summed E-state index contributed by atoms with van der Waals surface area (Å²) in [5.74, 6) is 0.249. The second-order valence-corrected chi connectivity index (χ2v) is 5.46. The highest BCUT2D eigenvalue weighted by molar-refractivity contribution is 6.01. The summed E-state index contributed by atoms with van der Waals surface area (Å²) in [4.78, 5) is 27.1. The van der Waals surface area contributed by atoms with Crippen molar-refractivity contribution in [3.05, 3.63) is 52.2 Å². The van der Waals surface area contributed by atoms with Crippen molar-refractivity contribution in [2.75, 3.05) is 20.2 Å². The molecule has 0 aliphatic heterocycles. The van der Waals surface area contributed by atoms with Crippen molar-refractivity contribution in [3.63, 3.8) is 0 Å². The molecule has 0 saturated carbocycles. The zero-order chi connectivity index (χ0) is 17.3. The van der Waals surface area contributed by atoms with Crippen LogP contribution in [0.2, 0.25) is 0 Å². The van der Waals surface area contributed by atoms with Crippen molar-refractivity contribution < 1.29 is 13.9 Å². The van der Waals surface area contributed by atoms with Gasteiger partial charge in [0.25, 0.3) is 5.91 Å². The summed E-state index contributed by atoms with van der Waals surface area (Å²) < 4.78 is 11.2. The van der Waals surface area contributed by atoms with Gasteiger partial charge in [-0.3, -0.25) is 9.59 Å². The molecule has 5 heteroatoms. The fourth-order valence-corrected chi connectivity index (χ4v) is 2.84. The molecular weight excluding hydrogens is 306 g/mol. The van der Waals surface area contributed by atoms with Gasteiger partial charge in [-0.1, -0.05) is 12.1 Å². The van der Waals surface area contributed by atoms with Crippen LogP contribution in [-0.2, 0) is 0 Å². The quantitative estimate of drug-likeness (QED) is 0.690. The number of hydrogen-bond donors (Lipinski definition) is 0. The Balaban J connectivity index is 2.32. The van der Waals surface area contributed by atoms with Crippen molar-refractivity contribution >= 4 is 27.8 Å². The van der Waals surface area contributed by atoms with Crippen LogP contribution < -0.4 is 10.2 Å². The van der Waals surface area contributed by atoms with E-state index in [2.05, 4.69) is 0 Å². The van der Waals surface area contributed by atoms with E-state index in [0.717, 1.165) is 0 Å². The van der Waals surface area contributed by atoms with Crippen molar-refractivity contribution in [2.45, 2.75) is 13.8 Å². The molecule has 0 atom stereocenters. The first kappa shape index (κ1) is 16.1. The summed E-state index contributed by atoms with van der Waals surface area (Å²) >= 11 is 0. The Morgan fingerprint density at radius 3 is 2.50 bits per heavy atom. The van der Waals surface area contributed by atoms with Crippen molar-refractivity contribution in [1.82, 2.24) is 4.90 Å². The number of nitrogens with zero attached hydrogens (tertiary/aromatic N) is 1. The van der Waals surface area contributed by atoms with E-state index in [1.807, 2.05) is 19.9 Å². The number of ether oxygens (including phenoxy) is 1.